The molecule has 58 valence electrons. The van der Waals surface area contributed by atoms with Crippen LogP contribution in [0, 0.1) is 11.8 Å². The molecule has 2 aliphatic rings. The Morgan fingerprint density at radius 3 is 2.60 bits per heavy atom. The molecule has 0 aromatic rings. The Hall–Kier alpha value is -0.0800. The Balaban J connectivity index is 2.14. The first-order chi connectivity index (χ1) is 4.74. The lowest BCUT2D eigenvalue weighted by molar-refractivity contribution is -0.00419. The van der Waals surface area contributed by atoms with Crippen LogP contribution < -0.4 is 5.73 Å². The van der Waals surface area contributed by atoms with Gasteiger partial charge in [-0.15, -0.1) is 0 Å². The summed E-state index contributed by atoms with van der Waals surface area (Å²) in [6.07, 6.45) is 4.73. The monoisotopic (exact) mass is 141 g/mol. The molecule has 2 fully saturated rings. The van der Waals surface area contributed by atoms with Crippen molar-refractivity contribution in [2.24, 2.45) is 17.6 Å². The fourth-order valence-corrected chi connectivity index (χ4v) is 2.66. The van der Waals surface area contributed by atoms with Crippen molar-refractivity contribution >= 4 is 0 Å². The zero-order chi connectivity index (χ0) is 7.19. The summed E-state index contributed by atoms with van der Waals surface area (Å²) in [5.74, 6) is 1.32. The van der Waals surface area contributed by atoms with E-state index in [1.165, 1.54) is 19.3 Å². The lowest BCUT2D eigenvalue weighted by Gasteiger charge is -2.30. The molecule has 10 heavy (non-hydrogen) atoms. The first kappa shape index (κ1) is 6.62. The molecule has 2 nitrogen and oxygen atoms in total. The zero-order valence-electron chi connectivity index (χ0n) is 6.21. The summed E-state index contributed by atoms with van der Waals surface area (Å²) in [5, 5.41) is 9.87. The summed E-state index contributed by atoms with van der Waals surface area (Å²) in [7, 11) is 0. The van der Waals surface area contributed by atoms with E-state index in [0.717, 1.165) is 12.3 Å². The summed E-state index contributed by atoms with van der Waals surface area (Å²) in [5.41, 5.74) is 5.04. The molecule has 0 saturated heterocycles. The summed E-state index contributed by atoms with van der Waals surface area (Å²) in [4.78, 5) is 0. The highest BCUT2D eigenvalue weighted by molar-refractivity contribution is 5.01. The van der Waals surface area contributed by atoms with Gasteiger partial charge in [0, 0.05) is 6.54 Å². The second-order valence-electron chi connectivity index (χ2n) is 3.89. The third-order valence-corrected chi connectivity index (χ3v) is 3.30. The van der Waals surface area contributed by atoms with E-state index in [0.29, 0.717) is 12.5 Å². The maximum Gasteiger partial charge on any atom is 0.0800 e. The first-order valence-corrected chi connectivity index (χ1v) is 4.17. The van der Waals surface area contributed by atoms with Crippen LogP contribution in [-0.2, 0) is 0 Å². The van der Waals surface area contributed by atoms with E-state index in [1.54, 1.807) is 0 Å². The molecule has 0 aromatic carbocycles. The van der Waals surface area contributed by atoms with Crippen molar-refractivity contribution in [2.45, 2.75) is 31.3 Å². The fourth-order valence-electron chi connectivity index (χ4n) is 2.66. The molecule has 2 saturated carbocycles. The quantitative estimate of drug-likeness (QED) is 0.558. The predicted octanol–water partition coefficient (Wildman–Crippen LogP) is 0.496. The van der Waals surface area contributed by atoms with Crippen molar-refractivity contribution in [1.29, 1.82) is 0 Å². The van der Waals surface area contributed by atoms with Crippen molar-refractivity contribution < 1.29 is 5.11 Å². The molecule has 2 heteroatoms. The lowest BCUT2D eigenvalue weighted by atomic mass is 9.84. The first-order valence-electron chi connectivity index (χ1n) is 4.17. The van der Waals surface area contributed by atoms with Gasteiger partial charge < -0.3 is 10.8 Å². The summed E-state index contributed by atoms with van der Waals surface area (Å²) in [6.45, 7) is 0.466. The number of aliphatic hydroxyl groups is 1. The van der Waals surface area contributed by atoms with Crippen LogP contribution in [0.2, 0.25) is 0 Å². The smallest absolute Gasteiger partial charge is 0.0800 e. The van der Waals surface area contributed by atoms with Gasteiger partial charge in [-0.1, -0.05) is 0 Å². The lowest BCUT2D eigenvalue weighted by Crippen LogP contribution is -2.42. The highest BCUT2D eigenvalue weighted by Crippen LogP contribution is 2.50. The zero-order valence-corrected chi connectivity index (χ0v) is 6.21. The van der Waals surface area contributed by atoms with Gasteiger partial charge in [-0.05, 0) is 37.5 Å². The Morgan fingerprint density at radius 2 is 2.30 bits per heavy atom. The fraction of sp³-hybridized carbons (Fsp3) is 1.00. The number of rotatable bonds is 1. The van der Waals surface area contributed by atoms with E-state index >= 15 is 0 Å². The molecule has 0 amide bonds. The van der Waals surface area contributed by atoms with Crippen LogP contribution in [0.1, 0.15) is 25.7 Å². The Morgan fingerprint density at radius 1 is 1.50 bits per heavy atom. The molecule has 2 rings (SSSR count). The van der Waals surface area contributed by atoms with Gasteiger partial charge in [-0.2, -0.15) is 0 Å². The van der Waals surface area contributed by atoms with E-state index in [4.69, 9.17) is 5.73 Å². The van der Waals surface area contributed by atoms with Gasteiger partial charge in [0.15, 0.2) is 0 Å². The van der Waals surface area contributed by atoms with Crippen LogP contribution in [-0.4, -0.2) is 17.3 Å². The van der Waals surface area contributed by atoms with Crippen molar-refractivity contribution in [3.8, 4) is 0 Å². The topological polar surface area (TPSA) is 46.2 Å². The number of hydrogen-bond donors (Lipinski definition) is 2. The minimum absolute atomic E-state index is 0.466. The van der Waals surface area contributed by atoms with Gasteiger partial charge in [0.05, 0.1) is 5.60 Å². The standard InChI is InChI=1S/C8H15NO/c9-5-8(10)4-6-1-2-7(8)3-6/h6-7,10H,1-5,9H2/t6-,7+,8-/m0/s1. The van der Waals surface area contributed by atoms with Crippen LogP contribution in [0.3, 0.4) is 0 Å². The Bertz CT molecular complexity index is 148. The SMILES string of the molecule is NC[C@@]1(O)C[C@H]2CC[C@@H]1C2. The number of nitrogens with two attached hydrogens (primary N) is 1. The van der Waals surface area contributed by atoms with E-state index in [9.17, 15) is 5.11 Å². The molecule has 2 aliphatic carbocycles. The van der Waals surface area contributed by atoms with E-state index in [-0.39, 0.29) is 0 Å². The molecular formula is C8H15NO. The Kier molecular flexibility index (Phi) is 1.29. The van der Waals surface area contributed by atoms with Crippen molar-refractivity contribution in [3.63, 3.8) is 0 Å². The van der Waals surface area contributed by atoms with Crippen LogP contribution in [0.5, 0.6) is 0 Å². The molecular weight excluding hydrogens is 126 g/mol. The predicted molar refractivity (Wildman–Crippen MR) is 39.5 cm³/mol. The molecule has 2 bridgehead atoms. The van der Waals surface area contributed by atoms with Crippen LogP contribution in [0.4, 0.5) is 0 Å². The van der Waals surface area contributed by atoms with Crippen molar-refractivity contribution in [3.05, 3.63) is 0 Å². The second kappa shape index (κ2) is 1.95. The molecule has 3 N–H and O–H groups in total. The molecule has 0 spiro atoms. The molecule has 0 radical (unpaired) electrons. The summed E-state index contributed by atoms with van der Waals surface area (Å²) >= 11 is 0. The number of fused-ring (bicyclic) bond motifs is 2. The van der Waals surface area contributed by atoms with Crippen molar-refractivity contribution in [2.75, 3.05) is 6.54 Å². The highest BCUT2D eigenvalue weighted by atomic mass is 16.3. The van der Waals surface area contributed by atoms with Gasteiger partial charge in [0.25, 0.3) is 0 Å². The van der Waals surface area contributed by atoms with E-state index in [1.807, 2.05) is 0 Å². The average molecular weight is 141 g/mol. The molecule has 3 atom stereocenters. The second-order valence-corrected chi connectivity index (χ2v) is 3.89. The molecule has 0 heterocycles. The van der Waals surface area contributed by atoms with Crippen LogP contribution in [0.15, 0.2) is 0 Å². The van der Waals surface area contributed by atoms with Crippen LogP contribution >= 0.6 is 0 Å². The van der Waals surface area contributed by atoms with Crippen molar-refractivity contribution in [1.82, 2.24) is 0 Å². The van der Waals surface area contributed by atoms with Gasteiger partial charge >= 0.3 is 0 Å². The minimum Gasteiger partial charge on any atom is -0.388 e. The molecule has 0 aliphatic heterocycles. The largest absolute Gasteiger partial charge is 0.388 e. The third-order valence-electron chi connectivity index (χ3n) is 3.30. The van der Waals surface area contributed by atoms with Gasteiger partial charge in [0.1, 0.15) is 0 Å². The summed E-state index contributed by atoms with van der Waals surface area (Å²) < 4.78 is 0. The minimum atomic E-state index is -0.469. The molecule has 0 unspecified atom stereocenters. The third kappa shape index (κ3) is 0.722. The Labute approximate surface area is 61.4 Å². The normalized spacial score (nSPS) is 52.2. The van der Waals surface area contributed by atoms with E-state index in [2.05, 4.69) is 0 Å². The van der Waals surface area contributed by atoms with Crippen LogP contribution in [0.25, 0.3) is 0 Å². The average Bonchev–Trinajstić information content (AvgIpc) is 2.46. The maximum absolute atomic E-state index is 9.87. The summed E-state index contributed by atoms with van der Waals surface area (Å²) in [6, 6.07) is 0. The molecule has 0 aromatic heterocycles. The van der Waals surface area contributed by atoms with E-state index < -0.39 is 5.60 Å². The van der Waals surface area contributed by atoms with Gasteiger partial charge in [0.2, 0.25) is 0 Å². The van der Waals surface area contributed by atoms with Gasteiger partial charge in [-0.3, -0.25) is 0 Å². The number of hydrogen-bond acceptors (Lipinski definition) is 2. The maximum atomic E-state index is 9.87. The van der Waals surface area contributed by atoms with Gasteiger partial charge in [-0.25, -0.2) is 0 Å². The highest BCUT2D eigenvalue weighted by Gasteiger charge is 2.48.